The van der Waals surface area contributed by atoms with Crippen LogP contribution in [0.5, 0.6) is 0 Å². The summed E-state index contributed by atoms with van der Waals surface area (Å²) in [6.45, 7) is 10.5. The summed E-state index contributed by atoms with van der Waals surface area (Å²) in [5.74, 6) is 0.850. The van der Waals surface area contributed by atoms with Crippen LogP contribution in [0.1, 0.15) is 53.4 Å². The Hall–Kier alpha value is -0.0800. The van der Waals surface area contributed by atoms with Crippen molar-refractivity contribution in [1.82, 2.24) is 4.90 Å². The molecule has 1 saturated heterocycles. The highest BCUT2D eigenvalue weighted by Gasteiger charge is 2.27. The number of likely N-dealkylation sites (tertiary alicyclic amines) is 1. The largest absolute Gasteiger partial charge is 0.328 e. The Morgan fingerprint density at radius 3 is 2.60 bits per heavy atom. The van der Waals surface area contributed by atoms with E-state index < -0.39 is 0 Å². The number of piperidine rings is 1. The highest BCUT2D eigenvalue weighted by atomic mass is 15.2. The minimum absolute atomic E-state index is 0.437. The summed E-state index contributed by atoms with van der Waals surface area (Å²) >= 11 is 0. The molecule has 0 radical (unpaired) electrons. The van der Waals surface area contributed by atoms with E-state index in [2.05, 4.69) is 32.6 Å². The quantitative estimate of drug-likeness (QED) is 0.776. The molecular weight excluding hydrogens is 184 g/mol. The van der Waals surface area contributed by atoms with Crippen LogP contribution >= 0.6 is 0 Å². The van der Waals surface area contributed by atoms with E-state index in [1.807, 2.05) is 0 Å². The smallest absolute Gasteiger partial charge is 0.00844 e. The molecule has 0 aromatic rings. The Labute approximate surface area is 95.2 Å². The Morgan fingerprint density at radius 2 is 2.07 bits per heavy atom. The summed E-state index contributed by atoms with van der Waals surface area (Å²) in [6.07, 6.45) is 4.97. The zero-order chi connectivity index (χ0) is 11.4. The molecular formula is C13H28N2. The molecule has 1 aliphatic rings. The highest BCUT2D eigenvalue weighted by molar-refractivity contribution is 4.84. The fraction of sp³-hybridized carbons (Fsp3) is 1.00. The second-order valence-corrected chi connectivity index (χ2v) is 5.47. The third-order valence-electron chi connectivity index (χ3n) is 3.97. The maximum absolute atomic E-state index is 5.99. The van der Waals surface area contributed by atoms with Crippen LogP contribution in [0, 0.1) is 5.92 Å². The topological polar surface area (TPSA) is 29.3 Å². The van der Waals surface area contributed by atoms with Gasteiger partial charge in [0.1, 0.15) is 0 Å². The van der Waals surface area contributed by atoms with Crippen molar-refractivity contribution < 1.29 is 0 Å². The Bertz CT molecular complexity index is 181. The summed E-state index contributed by atoms with van der Waals surface area (Å²) in [6, 6.07) is 1.84. The SMILES string of the molecule is CCC(C)CC(C)N1CCC(N)CC1C. The van der Waals surface area contributed by atoms with Crippen molar-refractivity contribution in [1.29, 1.82) is 0 Å². The lowest BCUT2D eigenvalue weighted by Crippen LogP contribution is -2.49. The number of rotatable bonds is 4. The van der Waals surface area contributed by atoms with Gasteiger partial charge >= 0.3 is 0 Å². The third-order valence-corrected chi connectivity index (χ3v) is 3.97. The molecule has 4 unspecified atom stereocenters. The van der Waals surface area contributed by atoms with Crippen molar-refractivity contribution in [3.05, 3.63) is 0 Å². The molecule has 0 bridgehead atoms. The van der Waals surface area contributed by atoms with Crippen LogP contribution in [0.15, 0.2) is 0 Å². The molecule has 0 spiro atoms. The van der Waals surface area contributed by atoms with Crippen molar-refractivity contribution in [2.75, 3.05) is 6.54 Å². The molecule has 90 valence electrons. The molecule has 0 aromatic carbocycles. The average Bonchev–Trinajstić information content (AvgIpc) is 2.17. The van der Waals surface area contributed by atoms with Crippen LogP contribution in [0.25, 0.3) is 0 Å². The molecule has 0 amide bonds. The van der Waals surface area contributed by atoms with Gasteiger partial charge in [-0.3, -0.25) is 4.90 Å². The Balaban J connectivity index is 2.41. The first-order valence-electron chi connectivity index (χ1n) is 6.55. The molecule has 0 aliphatic carbocycles. The molecule has 0 saturated carbocycles. The molecule has 2 heteroatoms. The summed E-state index contributed by atoms with van der Waals surface area (Å²) in [5, 5.41) is 0. The van der Waals surface area contributed by atoms with Gasteiger partial charge in [0.25, 0.3) is 0 Å². The van der Waals surface area contributed by atoms with Crippen LogP contribution in [0.3, 0.4) is 0 Å². The van der Waals surface area contributed by atoms with Gasteiger partial charge in [-0.2, -0.15) is 0 Å². The van der Waals surface area contributed by atoms with Crippen LogP contribution < -0.4 is 5.73 Å². The van der Waals surface area contributed by atoms with Gasteiger partial charge in [-0.05, 0) is 39.0 Å². The summed E-state index contributed by atoms with van der Waals surface area (Å²) in [5.41, 5.74) is 5.99. The molecule has 15 heavy (non-hydrogen) atoms. The molecule has 1 fully saturated rings. The van der Waals surface area contributed by atoms with Crippen LogP contribution in [-0.2, 0) is 0 Å². The van der Waals surface area contributed by atoms with E-state index >= 15 is 0 Å². The maximum Gasteiger partial charge on any atom is 0.00844 e. The van der Waals surface area contributed by atoms with E-state index in [-0.39, 0.29) is 0 Å². The van der Waals surface area contributed by atoms with Gasteiger partial charge in [-0.1, -0.05) is 20.3 Å². The zero-order valence-corrected chi connectivity index (χ0v) is 10.9. The fourth-order valence-electron chi connectivity index (χ4n) is 2.77. The zero-order valence-electron chi connectivity index (χ0n) is 10.9. The average molecular weight is 212 g/mol. The number of nitrogens with zero attached hydrogens (tertiary/aromatic N) is 1. The van der Waals surface area contributed by atoms with Gasteiger partial charge in [0.15, 0.2) is 0 Å². The van der Waals surface area contributed by atoms with Gasteiger partial charge in [-0.15, -0.1) is 0 Å². The van der Waals surface area contributed by atoms with E-state index in [9.17, 15) is 0 Å². The van der Waals surface area contributed by atoms with E-state index in [1.54, 1.807) is 0 Å². The van der Waals surface area contributed by atoms with Gasteiger partial charge < -0.3 is 5.73 Å². The first-order valence-corrected chi connectivity index (χ1v) is 6.55. The highest BCUT2D eigenvalue weighted by Crippen LogP contribution is 2.22. The molecule has 4 atom stereocenters. The van der Waals surface area contributed by atoms with E-state index in [0.29, 0.717) is 12.1 Å². The van der Waals surface area contributed by atoms with Crippen molar-refractivity contribution in [2.45, 2.75) is 71.5 Å². The lowest BCUT2D eigenvalue weighted by molar-refractivity contribution is 0.0911. The fourth-order valence-corrected chi connectivity index (χ4v) is 2.77. The predicted octanol–water partition coefficient (Wildman–Crippen LogP) is 2.62. The number of nitrogens with two attached hydrogens (primary N) is 1. The molecule has 0 aromatic heterocycles. The first-order chi connectivity index (χ1) is 7.04. The molecule has 1 heterocycles. The number of hydrogen-bond donors (Lipinski definition) is 1. The monoisotopic (exact) mass is 212 g/mol. The predicted molar refractivity (Wildman–Crippen MR) is 66.9 cm³/mol. The second-order valence-electron chi connectivity index (χ2n) is 5.47. The second kappa shape index (κ2) is 5.86. The minimum Gasteiger partial charge on any atom is -0.328 e. The molecule has 1 aliphatic heterocycles. The summed E-state index contributed by atoms with van der Waals surface area (Å²) in [4.78, 5) is 2.65. The summed E-state index contributed by atoms with van der Waals surface area (Å²) < 4.78 is 0. The standard InChI is InChI=1S/C13H28N2/c1-5-10(2)8-11(3)15-7-6-13(14)9-12(15)4/h10-13H,5-9,14H2,1-4H3. The Morgan fingerprint density at radius 1 is 1.40 bits per heavy atom. The van der Waals surface area contributed by atoms with Crippen LogP contribution in [-0.4, -0.2) is 29.6 Å². The first kappa shape index (κ1) is 13.0. The van der Waals surface area contributed by atoms with Gasteiger partial charge in [-0.25, -0.2) is 0 Å². The van der Waals surface area contributed by atoms with Crippen molar-refractivity contribution in [3.63, 3.8) is 0 Å². The normalized spacial score (nSPS) is 32.6. The third kappa shape index (κ3) is 3.76. The van der Waals surface area contributed by atoms with Gasteiger partial charge in [0.2, 0.25) is 0 Å². The van der Waals surface area contributed by atoms with E-state index in [0.717, 1.165) is 12.0 Å². The Kier molecular flexibility index (Phi) is 5.07. The van der Waals surface area contributed by atoms with Crippen LogP contribution in [0.2, 0.25) is 0 Å². The van der Waals surface area contributed by atoms with Gasteiger partial charge in [0.05, 0.1) is 0 Å². The molecule has 1 rings (SSSR count). The van der Waals surface area contributed by atoms with E-state index in [4.69, 9.17) is 5.73 Å². The van der Waals surface area contributed by atoms with Crippen molar-refractivity contribution >= 4 is 0 Å². The van der Waals surface area contributed by atoms with Gasteiger partial charge in [0, 0.05) is 24.7 Å². The molecule has 2 N–H and O–H groups in total. The molecule has 2 nitrogen and oxygen atoms in total. The summed E-state index contributed by atoms with van der Waals surface area (Å²) in [7, 11) is 0. The van der Waals surface area contributed by atoms with E-state index in [1.165, 1.54) is 32.2 Å². The minimum atomic E-state index is 0.437. The maximum atomic E-state index is 5.99. The van der Waals surface area contributed by atoms with Crippen molar-refractivity contribution in [3.8, 4) is 0 Å². The van der Waals surface area contributed by atoms with Crippen molar-refractivity contribution in [2.24, 2.45) is 11.7 Å². The lowest BCUT2D eigenvalue weighted by atomic mass is 9.93. The van der Waals surface area contributed by atoms with Crippen LogP contribution in [0.4, 0.5) is 0 Å². The number of hydrogen-bond acceptors (Lipinski definition) is 2. The lowest BCUT2D eigenvalue weighted by Gasteiger charge is -2.41.